The van der Waals surface area contributed by atoms with Crippen molar-refractivity contribution in [3.63, 3.8) is 0 Å². The van der Waals surface area contributed by atoms with Gasteiger partial charge in [0.05, 0.1) is 12.1 Å². The summed E-state index contributed by atoms with van der Waals surface area (Å²) in [6.45, 7) is 5.80. The van der Waals surface area contributed by atoms with Crippen LogP contribution in [0.4, 0.5) is 10.5 Å². The van der Waals surface area contributed by atoms with Gasteiger partial charge in [-0.3, -0.25) is 14.3 Å². The summed E-state index contributed by atoms with van der Waals surface area (Å²) >= 11 is 1.81. The molecule has 0 bridgehead atoms. The number of anilines is 1. The Kier molecular flexibility index (Phi) is 9.25. The van der Waals surface area contributed by atoms with Crippen LogP contribution in [-0.4, -0.2) is 60.9 Å². The first-order chi connectivity index (χ1) is 20.6. The zero-order valence-electron chi connectivity index (χ0n) is 24.1. The predicted molar refractivity (Wildman–Crippen MR) is 170 cm³/mol. The Morgan fingerprint density at radius 3 is 2.64 bits per heavy atom. The number of hydrogen-bond donors (Lipinski definition) is 1. The van der Waals surface area contributed by atoms with Crippen LogP contribution in [0.2, 0.25) is 0 Å². The van der Waals surface area contributed by atoms with Crippen molar-refractivity contribution in [1.29, 1.82) is 0 Å². The number of nitrogens with zero attached hydrogens (tertiary/aromatic N) is 3. The van der Waals surface area contributed by atoms with E-state index >= 15 is 0 Å². The molecule has 1 aliphatic heterocycles. The van der Waals surface area contributed by atoms with Crippen molar-refractivity contribution in [1.82, 2.24) is 14.8 Å². The molecule has 222 valence electrons. The van der Waals surface area contributed by atoms with Gasteiger partial charge in [0.1, 0.15) is 5.75 Å². The first kappa shape index (κ1) is 28.6. The van der Waals surface area contributed by atoms with Crippen molar-refractivity contribution in [2.75, 3.05) is 44.2 Å². The van der Waals surface area contributed by atoms with Gasteiger partial charge < -0.3 is 19.7 Å². The molecule has 1 aliphatic carbocycles. The predicted octanol–water partition coefficient (Wildman–Crippen LogP) is 6.21. The highest BCUT2D eigenvalue weighted by Crippen LogP contribution is 2.31. The number of hydrogen-bond acceptors (Lipinski definition) is 7. The van der Waals surface area contributed by atoms with E-state index < -0.39 is 6.09 Å². The zero-order chi connectivity index (χ0) is 28.7. The number of alkyl carbamates (subject to hydrolysis) is 1. The standard InChI is InChI=1S/C33H40N4O4S/c38-32-14-12-25-11-13-27(23-30(25)37(32)24-41-33(39)34-26-7-2-1-3-8-26)40-21-5-4-16-35-17-19-36(20-18-35)29-9-6-10-31-28(29)15-22-42-31/h6,9-15,22-23,26H,1-5,7-8,16-21,24H2,(H,34,39). The molecular formula is C33H40N4O4S. The van der Waals surface area contributed by atoms with Gasteiger partial charge in [-0.05, 0) is 79.4 Å². The molecule has 8 nitrogen and oxygen atoms in total. The molecule has 0 spiro atoms. The van der Waals surface area contributed by atoms with Crippen LogP contribution in [0.1, 0.15) is 44.9 Å². The molecule has 2 fully saturated rings. The summed E-state index contributed by atoms with van der Waals surface area (Å²) < 4.78 is 14.4. The second kappa shape index (κ2) is 13.6. The number of carbonyl (C=O) groups excluding carboxylic acids is 1. The van der Waals surface area contributed by atoms with E-state index in [0.29, 0.717) is 17.9 Å². The van der Waals surface area contributed by atoms with Crippen LogP contribution < -0.4 is 20.5 Å². The highest BCUT2D eigenvalue weighted by Gasteiger charge is 2.19. The van der Waals surface area contributed by atoms with Crippen molar-refractivity contribution in [2.24, 2.45) is 0 Å². The minimum absolute atomic E-state index is 0.131. The van der Waals surface area contributed by atoms with Crippen molar-refractivity contribution >= 4 is 44.1 Å². The Bertz CT molecular complexity index is 1550. The number of piperazine rings is 1. The molecule has 3 heterocycles. The largest absolute Gasteiger partial charge is 0.494 e. The van der Waals surface area contributed by atoms with Crippen LogP contribution in [0.5, 0.6) is 5.75 Å². The molecular weight excluding hydrogens is 548 g/mol. The number of rotatable bonds is 10. The summed E-state index contributed by atoms with van der Waals surface area (Å²) in [6, 6.07) is 18.1. The minimum atomic E-state index is -0.473. The maximum atomic E-state index is 12.6. The lowest BCUT2D eigenvalue weighted by atomic mass is 9.96. The number of ether oxygens (including phenoxy) is 2. The Morgan fingerprint density at radius 2 is 1.79 bits per heavy atom. The Morgan fingerprint density at radius 1 is 0.952 bits per heavy atom. The van der Waals surface area contributed by atoms with Gasteiger partial charge in [0.25, 0.3) is 5.56 Å². The van der Waals surface area contributed by atoms with Gasteiger partial charge in [-0.25, -0.2) is 4.79 Å². The van der Waals surface area contributed by atoms with Gasteiger partial charge in [0.2, 0.25) is 0 Å². The smallest absolute Gasteiger partial charge is 0.409 e. The Labute approximate surface area is 250 Å². The molecule has 42 heavy (non-hydrogen) atoms. The van der Waals surface area contributed by atoms with Crippen LogP contribution in [0.15, 0.2) is 64.8 Å². The van der Waals surface area contributed by atoms with Crippen LogP contribution in [0, 0.1) is 0 Å². The number of unbranched alkanes of at least 4 members (excludes halogenated alkanes) is 1. The number of nitrogens with one attached hydrogen (secondary N) is 1. The lowest BCUT2D eigenvalue weighted by Gasteiger charge is -2.36. The van der Waals surface area contributed by atoms with E-state index in [-0.39, 0.29) is 18.3 Å². The normalized spacial score (nSPS) is 16.6. The average molecular weight is 589 g/mol. The molecule has 4 aromatic rings. The van der Waals surface area contributed by atoms with Crippen LogP contribution >= 0.6 is 11.3 Å². The highest BCUT2D eigenvalue weighted by atomic mass is 32.1. The number of thiophene rings is 1. The second-order valence-electron chi connectivity index (χ2n) is 11.4. The topological polar surface area (TPSA) is 76.0 Å². The molecule has 0 unspecified atom stereocenters. The summed E-state index contributed by atoms with van der Waals surface area (Å²) in [4.78, 5) is 30.1. The maximum absolute atomic E-state index is 12.6. The van der Waals surface area contributed by atoms with Gasteiger partial charge in [-0.2, -0.15) is 0 Å². The molecule has 9 heteroatoms. The molecule has 1 amide bonds. The van der Waals surface area contributed by atoms with Crippen LogP contribution in [0.3, 0.4) is 0 Å². The van der Waals surface area contributed by atoms with E-state index in [1.54, 1.807) is 17.4 Å². The molecule has 1 N–H and O–H groups in total. The first-order valence-electron chi connectivity index (χ1n) is 15.3. The molecule has 1 saturated heterocycles. The Balaban J connectivity index is 0.956. The van der Waals surface area contributed by atoms with Gasteiger partial charge in [0, 0.05) is 60.1 Å². The van der Waals surface area contributed by atoms with Gasteiger partial charge >= 0.3 is 6.09 Å². The lowest BCUT2D eigenvalue weighted by Crippen LogP contribution is -2.46. The van der Waals surface area contributed by atoms with Gasteiger partial charge in [0.15, 0.2) is 6.73 Å². The van der Waals surface area contributed by atoms with Crippen LogP contribution in [0.25, 0.3) is 21.0 Å². The maximum Gasteiger partial charge on any atom is 0.409 e. The lowest BCUT2D eigenvalue weighted by molar-refractivity contribution is 0.109. The molecule has 0 atom stereocenters. The second-order valence-corrected chi connectivity index (χ2v) is 12.3. The number of aromatic nitrogens is 1. The Hall–Kier alpha value is -3.56. The van der Waals surface area contributed by atoms with Crippen molar-refractivity contribution in [3.8, 4) is 5.75 Å². The zero-order valence-corrected chi connectivity index (χ0v) is 24.9. The molecule has 1 saturated carbocycles. The summed E-state index contributed by atoms with van der Waals surface area (Å²) in [6.07, 6.45) is 6.98. The third-order valence-electron chi connectivity index (χ3n) is 8.54. The summed E-state index contributed by atoms with van der Waals surface area (Å²) in [7, 11) is 0. The van der Waals surface area contributed by atoms with E-state index in [4.69, 9.17) is 9.47 Å². The minimum Gasteiger partial charge on any atom is -0.494 e. The van der Waals surface area contributed by atoms with Crippen molar-refractivity contribution in [3.05, 3.63) is 70.3 Å². The summed E-state index contributed by atoms with van der Waals surface area (Å²) in [5.74, 6) is 0.713. The molecule has 2 aromatic carbocycles. The first-order valence-corrected chi connectivity index (χ1v) is 16.2. The van der Waals surface area contributed by atoms with Gasteiger partial charge in [-0.15, -0.1) is 11.3 Å². The molecule has 0 radical (unpaired) electrons. The number of carbonyl (C=O) groups is 1. The number of benzene rings is 2. The molecule has 2 aromatic heterocycles. The van der Waals surface area contributed by atoms with E-state index in [9.17, 15) is 9.59 Å². The van der Waals surface area contributed by atoms with Crippen molar-refractivity contribution < 1.29 is 14.3 Å². The monoisotopic (exact) mass is 588 g/mol. The average Bonchev–Trinajstić information content (AvgIpc) is 3.51. The molecule has 2 aliphatic rings. The molecule has 6 rings (SSSR count). The third-order valence-corrected chi connectivity index (χ3v) is 9.42. The number of pyridine rings is 1. The SMILES string of the molecule is O=C(NC1CCCCC1)OCn1c(=O)ccc2ccc(OCCCCN3CCN(c4cccc5sccc45)CC3)cc21. The van der Waals surface area contributed by atoms with E-state index in [1.807, 2.05) is 18.2 Å². The van der Waals surface area contributed by atoms with Gasteiger partial charge in [-0.1, -0.05) is 25.3 Å². The fourth-order valence-corrected chi connectivity index (χ4v) is 6.97. The third kappa shape index (κ3) is 6.90. The summed E-state index contributed by atoms with van der Waals surface area (Å²) in [5.41, 5.74) is 1.84. The van der Waals surface area contributed by atoms with Crippen molar-refractivity contribution in [2.45, 2.75) is 57.7 Å². The van der Waals surface area contributed by atoms with E-state index in [0.717, 1.165) is 76.6 Å². The summed E-state index contributed by atoms with van der Waals surface area (Å²) in [5, 5.41) is 7.38. The number of fused-ring (bicyclic) bond motifs is 2. The van der Waals surface area contributed by atoms with E-state index in [1.165, 1.54) is 32.8 Å². The fraction of sp³-hybridized carbons (Fsp3) is 0.455. The number of amides is 1. The fourth-order valence-electron chi connectivity index (χ4n) is 6.16. The highest BCUT2D eigenvalue weighted by molar-refractivity contribution is 7.17. The van der Waals surface area contributed by atoms with Crippen LogP contribution in [-0.2, 0) is 11.5 Å². The van der Waals surface area contributed by atoms with E-state index in [2.05, 4.69) is 44.8 Å². The quantitative estimate of drug-likeness (QED) is 0.222.